The van der Waals surface area contributed by atoms with Gasteiger partial charge in [-0.1, -0.05) is 48.6 Å². The van der Waals surface area contributed by atoms with Crippen LogP contribution in [-0.2, 0) is 4.74 Å². The number of benzene rings is 1. The van der Waals surface area contributed by atoms with Crippen molar-refractivity contribution in [2.24, 2.45) is 0 Å². The summed E-state index contributed by atoms with van der Waals surface area (Å²) in [6.45, 7) is 1.99. The fraction of sp³-hybridized carbons (Fsp3) is 0.167. The Labute approximate surface area is 120 Å². The van der Waals surface area contributed by atoms with E-state index in [-0.39, 0.29) is 0 Å². The summed E-state index contributed by atoms with van der Waals surface area (Å²) in [7, 11) is 1.68. The first-order valence-corrected chi connectivity index (χ1v) is 6.48. The molecule has 0 saturated heterocycles. The molecule has 0 saturated carbocycles. The molecule has 2 nitrogen and oxygen atoms in total. The van der Waals surface area contributed by atoms with Crippen LogP contribution in [0.3, 0.4) is 0 Å². The van der Waals surface area contributed by atoms with Crippen molar-refractivity contribution in [1.82, 2.24) is 0 Å². The molecule has 1 aliphatic rings. The van der Waals surface area contributed by atoms with Crippen LogP contribution in [0.15, 0.2) is 72.4 Å². The third kappa shape index (κ3) is 3.34. The summed E-state index contributed by atoms with van der Waals surface area (Å²) in [6, 6.07) is 11.9. The van der Waals surface area contributed by atoms with Gasteiger partial charge in [-0.2, -0.15) is 5.26 Å². The molecule has 2 rings (SSSR count). The van der Waals surface area contributed by atoms with Gasteiger partial charge >= 0.3 is 0 Å². The van der Waals surface area contributed by atoms with Gasteiger partial charge in [-0.3, -0.25) is 0 Å². The standard InChI is InChI=1S/C18H17NO/c1-18(20-2)11-6-7-15(10-12-18)13-17(14-19)16-8-4-3-5-9-16/h3-13H,1-2H3/b17-13+. The highest BCUT2D eigenvalue weighted by atomic mass is 16.5. The molecule has 0 heterocycles. The Balaban J connectivity index is 2.31. The normalized spacial score (nSPS) is 22.1. The summed E-state index contributed by atoms with van der Waals surface area (Å²) in [5.41, 5.74) is 2.15. The SMILES string of the molecule is COC1(C)C=CC=C(/C=C(\C#N)c2ccccc2)C=C1. The van der Waals surface area contributed by atoms with Crippen LogP contribution in [0.2, 0.25) is 0 Å². The lowest BCUT2D eigenvalue weighted by Gasteiger charge is -2.18. The second kappa shape index (κ2) is 6.18. The Kier molecular flexibility index (Phi) is 4.34. The van der Waals surface area contributed by atoms with Gasteiger partial charge < -0.3 is 4.74 Å². The van der Waals surface area contributed by atoms with Gasteiger partial charge in [0.05, 0.1) is 11.6 Å². The van der Waals surface area contributed by atoms with Crippen LogP contribution in [0.1, 0.15) is 12.5 Å². The highest BCUT2D eigenvalue weighted by molar-refractivity contribution is 5.79. The van der Waals surface area contributed by atoms with Crippen LogP contribution in [0.4, 0.5) is 0 Å². The van der Waals surface area contributed by atoms with E-state index in [1.807, 2.05) is 73.7 Å². The van der Waals surface area contributed by atoms with E-state index in [4.69, 9.17) is 4.74 Å². The number of nitriles is 1. The number of nitrogens with zero attached hydrogens (tertiary/aromatic N) is 1. The minimum absolute atomic E-state index is 0.397. The molecule has 100 valence electrons. The van der Waals surface area contributed by atoms with Crippen LogP contribution in [0.25, 0.3) is 5.57 Å². The van der Waals surface area contributed by atoms with E-state index in [9.17, 15) is 5.26 Å². The third-order valence-corrected chi connectivity index (χ3v) is 3.28. The smallest absolute Gasteiger partial charge is 0.102 e. The zero-order valence-electron chi connectivity index (χ0n) is 11.7. The molecular weight excluding hydrogens is 246 g/mol. The van der Waals surface area contributed by atoms with E-state index in [1.54, 1.807) is 7.11 Å². The van der Waals surface area contributed by atoms with Gasteiger partial charge in [0.15, 0.2) is 0 Å². The Morgan fingerprint density at radius 1 is 1.25 bits per heavy atom. The zero-order chi connectivity index (χ0) is 14.4. The fourth-order valence-electron chi connectivity index (χ4n) is 1.92. The lowest BCUT2D eigenvalue weighted by molar-refractivity contribution is 0.0908. The quantitative estimate of drug-likeness (QED) is 0.771. The average Bonchev–Trinajstić information content (AvgIpc) is 2.68. The van der Waals surface area contributed by atoms with Crippen LogP contribution in [0, 0.1) is 11.3 Å². The molecule has 0 N–H and O–H groups in total. The zero-order valence-corrected chi connectivity index (χ0v) is 11.7. The predicted molar refractivity (Wildman–Crippen MR) is 81.8 cm³/mol. The first kappa shape index (κ1) is 14.0. The number of methoxy groups -OCH3 is 1. The molecule has 0 bridgehead atoms. The Hall–Kier alpha value is -2.37. The molecule has 0 amide bonds. The largest absolute Gasteiger partial charge is 0.370 e. The summed E-state index contributed by atoms with van der Waals surface area (Å²) in [4.78, 5) is 0. The highest BCUT2D eigenvalue weighted by Crippen LogP contribution is 2.21. The molecule has 1 unspecified atom stereocenters. The maximum absolute atomic E-state index is 9.32. The van der Waals surface area contributed by atoms with Crippen molar-refractivity contribution in [3.8, 4) is 6.07 Å². The molecule has 20 heavy (non-hydrogen) atoms. The summed E-state index contributed by atoms with van der Waals surface area (Å²) >= 11 is 0. The number of rotatable bonds is 3. The molecule has 0 spiro atoms. The van der Waals surface area contributed by atoms with Gasteiger partial charge in [0, 0.05) is 7.11 Å². The van der Waals surface area contributed by atoms with E-state index < -0.39 is 5.60 Å². The van der Waals surface area contributed by atoms with Crippen LogP contribution in [-0.4, -0.2) is 12.7 Å². The first-order valence-electron chi connectivity index (χ1n) is 6.48. The fourth-order valence-corrected chi connectivity index (χ4v) is 1.92. The molecule has 1 aromatic rings. The number of allylic oxidation sites excluding steroid dienone is 6. The summed E-state index contributed by atoms with van der Waals surface area (Å²) in [5.74, 6) is 0. The molecular formula is C18H17NO. The average molecular weight is 263 g/mol. The second-order valence-electron chi connectivity index (χ2n) is 4.78. The van der Waals surface area contributed by atoms with Gasteiger partial charge in [0.2, 0.25) is 0 Å². The second-order valence-corrected chi connectivity index (χ2v) is 4.78. The molecule has 0 radical (unpaired) electrons. The number of hydrogen-bond donors (Lipinski definition) is 0. The molecule has 0 fully saturated rings. The van der Waals surface area contributed by atoms with E-state index >= 15 is 0 Å². The summed E-state index contributed by atoms with van der Waals surface area (Å²) in [5, 5.41) is 9.32. The van der Waals surface area contributed by atoms with Crippen molar-refractivity contribution in [2.45, 2.75) is 12.5 Å². The van der Waals surface area contributed by atoms with Crippen molar-refractivity contribution in [2.75, 3.05) is 7.11 Å². The monoisotopic (exact) mass is 263 g/mol. The van der Waals surface area contributed by atoms with Gasteiger partial charge in [0.1, 0.15) is 5.60 Å². The van der Waals surface area contributed by atoms with Crippen LogP contribution in [0.5, 0.6) is 0 Å². The maximum atomic E-state index is 9.32. The van der Waals surface area contributed by atoms with Crippen molar-refractivity contribution in [1.29, 1.82) is 5.26 Å². The maximum Gasteiger partial charge on any atom is 0.102 e. The molecule has 1 atom stereocenters. The molecule has 0 aliphatic heterocycles. The van der Waals surface area contributed by atoms with Crippen molar-refractivity contribution in [3.63, 3.8) is 0 Å². The molecule has 1 aliphatic carbocycles. The van der Waals surface area contributed by atoms with Gasteiger partial charge in [-0.05, 0) is 36.3 Å². The summed E-state index contributed by atoms with van der Waals surface area (Å²) in [6.07, 6.45) is 11.8. The lowest BCUT2D eigenvalue weighted by atomic mass is 10.0. The van der Waals surface area contributed by atoms with E-state index in [0.29, 0.717) is 5.57 Å². The van der Waals surface area contributed by atoms with Gasteiger partial charge in [-0.25, -0.2) is 0 Å². The molecule has 1 aromatic carbocycles. The van der Waals surface area contributed by atoms with Crippen LogP contribution < -0.4 is 0 Å². The van der Waals surface area contributed by atoms with Crippen molar-refractivity contribution >= 4 is 5.57 Å². The van der Waals surface area contributed by atoms with Crippen molar-refractivity contribution in [3.05, 3.63) is 77.9 Å². The van der Waals surface area contributed by atoms with E-state index in [2.05, 4.69) is 6.07 Å². The van der Waals surface area contributed by atoms with Gasteiger partial charge in [-0.15, -0.1) is 0 Å². The Morgan fingerprint density at radius 2 is 2.00 bits per heavy atom. The van der Waals surface area contributed by atoms with E-state index in [1.165, 1.54) is 0 Å². The highest BCUT2D eigenvalue weighted by Gasteiger charge is 2.16. The van der Waals surface area contributed by atoms with Crippen molar-refractivity contribution < 1.29 is 4.74 Å². The third-order valence-electron chi connectivity index (χ3n) is 3.28. The van der Waals surface area contributed by atoms with Gasteiger partial charge in [0.25, 0.3) is 0 Å². The number of ether oxygens (including phenoxy) is 1. The predicted octanol–water partition coefficient (Wildman–Crippen LogP) is 4.05. The van der Waals surface area contributed by atoms with Crippen LogP contribution >= 0.6 is 0 Å². The summed E-state index contributed by atoms with van der Waals surface area (Å²) < 4.78 is 5.43. The Bertz CT molecular complexity index is 629. The minimum Gasteiger partial charge on any atom is -0.370 e. The Morgan fingerprint density at radius 3 is 2.65 bits per heavy atom. The first-order chi connectivity index (χ1) is 9.67. The van der Waals surface area contributed by atoms with E-state index in [0.717, 1.165) is 11.1 Å². The minimum atomic E-state index is -0.397. The lowest BCUT2D eigenvalue weighted by Crippen LogP contribution is -2.20. The topological polar surface area (TPSA) is 33.0 Å². The molecule has 0 aromatic heterocycles. The molecule has 2 heteroatoms. The number of hydrogen-bond acceptors (Lipinski definition) is 2.